The van der Waals surface area contributed by atoms with Gasteiger partial charge in [0.25, 0.3) is 11.8 Å². The van der Waals surface area contributed by atoms with Crippen LogP contribution in [0.25, 0.3) is 10.8 Å². The molecule has 0 bridgehead atoms. The molecule has 0 aromatic heterocycles. The van der Waals surface area contributed by atoms with Gasteiger partial charge in [0.15, 0.2) is 0 Å². The number of fused-ring (bicyclic) bond motifs is 3. The van der Waals surface area contributed by atoms with Crippen molar-refractivity contribution in [3.63, 3.8) is 0 Å². The first-order chi connectivity index (χ1) is 12.2. The monoisotopic (exact) mass is 336 g/mol. The molecule has 0 spiro atoms. The molecule has 2 aromatic rings. The number of unbranched alkanes of at least 4 members (excludes halogenated alkanes) is 1. The van der Waals surface area contributed by atoms with Gasteiger partial charge in [-0.15, -0.1) is 0 Å². The van der Waals surface area contributed by atoms with Crippen molar-refractivity contribution in [3.8, 4) is 0 Å². The lowest BCUT2D eigenvalue weighted by Crippen LogP contribution is -2.30. The zero-order valence-corrected chi connectivity index (χ0v) is 14.8. The van der Waals surface area contributed by atoms with Gasteiger partial charge < -0.3 is 4.90 Å². The summed E-state index contributed by atoms with van der Waals surface area (Å²) in [5.74, 6) is -0.257. The molecule has 0 saturated carbocycles. The summed E-state index contributed by atoms with van der Waals surface area (Å²) in [4.78, 5) is 29.6. The van der Waals surface area contributed by atoms with Crippen molar-refractivity contribution < 1.29 is 9.59 Å². The molecule has 4 rings (SSSR count). The average Bonchev–Trinajstić information content (AvgIpc) is 2.90. The van der Waals surface area contributed by atoms with Crippen LogP contribution < -0.4 is 4.90 Å². The van der Waals surface area contributed by atoms with Crippen molar-refractivity contribution in [1.29, 1.82) is 0 Å². The largest absolute Gasteiger partial charge is 0.371 e. The van der Waals surface area contributed by atoms with Crippen LogP contribution >= 0.6 is 0 Å². The lowest BCUT2D eigenvalue weighted by Gasteiger charge is -2.30. The van der Waals surface area contributed by atoms with E-state index in [9.17, 15) is 9.59 Å². The van der Waals surface area contributed by atoms with E-state index in [1.54, 1.807) is 0 Å². The summed E-state index contributed by atoms with van der Waals surface area (Å²) >= 11 is 0. The number of carbonyl (C=O) groups is 2. The fourth-order valence-electron chi connectivity index (χ4n) is 4.04. The second-order valence-electron chi connectivity index (χ2n) is 7.03. The summed E-state index contributed by atoms with van der Waals surface area (Å²) in [6.45, 7) is 4.62. The maximum absolute atomic E-state index is 12.9. The molecule has 2 heterocycles. The average molecular weight is 336 g/mol. The summed E-state index contributed by atoms with van der Waals surface area (Å²) in [5, 5.41) is 2.00. The third-order valence-electron chi connectivity index (χ3n) is 5.39. The summed E-state index contributed by atoms with van der Waals surface area (Å²) in [7, 11) is 0. The van der Waals surface area contributed by atoms with Crippen LogP contribution in [-0.2, 0) is 0 Å². The van der Waals surface area contributed by atoms with Gasteiger partial charge in [0.05, 0.1) is 11.1 Å². The van der Waals surface area contributed by atoms with Crippen LogP contribution in [-0.4, -0.2) is 36.3 Å². The van der Waals surface area contributed by atoms with E-state index in [-0.39, 0.29) is 11.8 Å². The Labute approximate surface area is 148 Å². The van der Waals surface area contributed by atoms with Gasteiger partial charge >= 0.3 is 0 Å². The number of hydrogen-bond donors (Lipinski definition) is 0. The van der Waals surface area contributed by atoms with E-state index in [0.717, 1.165) is 42.4 Å². The maximum Gasteiger partial charge on any atom is 0.262 e. The van der Waals surface area contributed by atoms with E-state index in [2.05, 4.69) is 17.9 Å². The number of hydrogen-bond acceptors (Lipinski definition) is 3. The third-order valence-corrected chi connectivity index (χ3v) is 5.39. The SMILES string of the molecule is CCCCN1C(=O)c2cc(N3CCCCC3)c3ccccc3c2C1=O. The third kappa shape index (κ3) is 2.60. The minimum atomic E-state index is -0.130. The van der Waals surface area contributed by atoms with Gasteiger partial charge in [-0.1, -0.05) is 37.6 Å². The lowest BCUT2D eigenvalue weighted by atomic mass is 9.97. The van der Waals surface area contributed by atoms with Crippen LogP contribution in [0.15, 0.2) is 30.3 Å². The molecule has 2 aliphatic rings. The van der Waals surface area contributed by atoms with Gasteiger partial charge in [0, 0.05) is 30.7 Å². The summed E-state index contributed by atoms with van der Waals surface area (Å²) in [5.41, 5.74) is 2.28. The molecule has 2 amide bonds. The van der Waals surface area contributed by atoms with Gasteiger partial charge in [-0.2, -0.15) is 0 Å². The number of anilines is 1. The van der Waals surface area contributed by atoms with Crippen molar-refractivity contribution in [2.24, 2.45) is 0 Å². The number of nitrogens with zero attached hydrogens (tertiary/aromatic N) is 2. The highest BCUT2D eigenvalue weighted by Gasteiger charge is 2.37. The fourth-order valence-corrected chi connectivity index (χ4v) is 4.04. The smallest absolute Gasteiger partial charge is 0.262 e. The Kier molecular flexibility index (Phi) is 4.20. The van der Waals surface area contributed by atoms with Crippen molar-refractivity contribution in [1.82, 2.24) is 4.90 Å². The second-order valence-corrected chi connectivity index (χ2v) is 7.03. The Bertz CT molecular complexity index is 837. The molecule has 130 valence electrons. The standard InChI is InChI=1S/C21H24N2O2/c1-2-3-13-23-20(24)17-14-18(22-11-7-4-8-12-22)15-9-5-6-10-16(15)19(17)21(23)25/h5-6,9-10,14H,2-4,7-8,11-13H2,1H3. The predicted molar refractivity (Wildman–Crippen MR) is 100 cm³/mol. The summed E-state index contributed by atoms with van der Waals surface area (Å²) in [6, 6.07) is 9.99. The van der Waals surface area contributed by atoms with Crippen molar-refractivity contribution in [2.45, 2.75) is 39.0 Å². The van der Waals surface area contributed by atoms with Crippen LogP contribution in [0.5, 0.6) is 0 Å². The summed E-state index contributed by atoms with van der Waals surface area (Å²) < 4.78 is 0. The molecular weight excluding hydrogens is 312 g/mol. The van der Waals surface area contributed by atoms with Gasteiger partial charge in [-0.3, -0.25) is 14.5 Å². The number of amides is 2. The lowest BCUT2D eigenvalue weighted by molar-refractivity contribution is 0.0653. The highest BCUT2D eigenvalue weighted by atomic mass is 16.2. The van der Waals surface area contributed by atoms with E-state index in [1.807, 2.05) is 24.3 Å². The Morgan fingerprint density at radius 3 is 2.40 bits per heavy atom. The van der Waals surface area contributed by atoms with Gasteiger partial charge in [-0.05, 0) is 37.1 Å². The molecule has 2 aromatic carbocycles. The second kappa shape index (κ2) is 6.51. The molecule has 0 N–H and O–H groups in total. The number of benzene rings is 2. The zero-order chi connectivity index (χ0) is 17.4. The first-order valence-electron chi connectivity index (χ1n) is 9.39. The molecular formula is C21H24N2O2. The van der Waals surface area contributed by atoms with E-state index in [1.165, 1.54) is 24.2 Å². The Hall–Kier alpha value is -2.36. The van der Waals surface area contributed by atoms with Crippen molar-refractivity contribution in [2.75, 3.05) is 24.5 Å². The van der Waals surface area contributed by atoms with Gasteiger partial charge in [0.1, 0.15) is 0 Å². The van der Waals surface area contributed by atoms with E-state index in [4.69, 9.17) is 0 Å². The van der Waals surface area contributed by atoms with E-state index < -0.39 is 0 Å². The molecule has 0 aliphatic carbocycles. The molecule has 1 saturated heterocycles. The molecule has 0 unspecified atom stereocenters. The fraction of sp³-hybridized carbons (Fsp3) is 0.429. The topological polar surface area (TPSA) is 40.6 Å². The number of imide groups is 1. The zero-order valence-electron chi connectivity index (χ0n) is 14.8. The Morgan fingerprint density at radius 1 is 0.960 bits per heavy atom. The minimum Gasteiger partial charge on any atom is -0.371 e. The molecule has 4 nitrogen and oxygen atoms in total. The molecule has 4 heteroatoms. The quantitative estimate of drug-likeness (QED) is 0.785. The maximum atomic E-state index is 12.9. The Balaban J connectivity index is 1.86. The first kappa shape index (κ1) is 16.1. The number of piperidine rings is 1. The van der Waals surface area contributed by atoms with E-state index in [0.29, 0.717) is 17.7 Å². The van der Waals surface area contributed by atoms with E-state index >= 15 is 0 Å². The minimum absolute atomic E-state index is 0.127. The molecule has 25 heavy (non-hydrogen) atoms. The van der Waals surface area contributed by atoms with Crippen molar-refractivity contribution >= 4 is 28.3 Å². The molecule has 0 atom stereocenters. The van der Waals surface area contributed by atoms with Crippen LogP contribution in [0.2, 0.25) is 0 Å². The van der Waals surface area contributed by atoms with Crippen LogP contribution in [0.1, 0.15) is 59.7 Å². The van der Waals surface area contributed by atoms with Gasteiger partial charge in [-0.25, -0.2) is 0 Å². The first-order valence-corrected chi connectivity index (χ1v) is 9.39. The van der Waals surface area contributed by atoms with Crippen LogP contribution in [0, 0.1) is 0 Å². The van der Waals surface area contributed by atoms with Crippen LogP contribution in [0.4, 0.5) is 5.69 Å². The summed E-state index contributed by atoms with van der Waals surface area (Å²) in [6.07, 6.45) is 5.44. The number of rotatable bonds is 4. The highest BCUT2D eigenvalue weighted by molar-refractivity contribution is 6.27. The van der Waals surface area contributed by atoms with Gasteiger partial charge in [0.2, 0.25) is 0 Å². The highest BCUT2D eigenvalue weighted by Crippen LogP contribution is 2.37. The predicted octanol–water partition coefficient (Wildman–Crippen LogP) is 4.23. The Morgan fingerprint density at radius 2 is 1.68 bits per heavy atom. The molecule has 0 radical (unpaired) electrons. The molecule has 1 fully saturated rings. The number of carbonyl (C=O) groups excluding carboxylic acids is 2. The van der Waals surface area contributed by atoms with Crippen LogP contribution in [0.3, 0.4) is 0 Å². The van der Waals surface area contributed by atoms with Crippen molar-refractivity contribution in [3.05, 3.63) is 41.5 Å². The normalized spacial score (nSPS) is 17.5. The molecule has 2 aliphatic heterocycles.